The summed E-state index contributed by atoms with van der Waals surface area (Å²) in [6, 6.07) is 14.2. The van der Waals surface area contributed by atoms with Crippen LogP contribution in [0.25, 0.3) is 11.5 Å². The van der Waals surface area contributed by atoms with Crippen molar-refractivity contribution in [2.24, 2.45) is 0 Å². The average Bonchev–Trinajstić information content (AvgIpc) is 3.43. The molecule has 0 spiro atoms. The van der Waals surface area contributed by atoms with Gasteiger partial charge in [0.25, 0.3) is 0 Å². The first-order valence-corrected chi connectivity index (χ1v) is 8.71. The van der Waals surface area contributed by atoms with Crippen molar-refractivity contribution in [1.82, 2.24) is 10.2 Å². The van der Waals surface area contributed by atoms with Crippen molar-refractivity contribution >= 4 is 17.4 Å². The summed E-state index contributed by atoms with van der Waals surface area (Å²) >= 11 is 0. The molecule has 2 aromatic carbocycles. The molecule has 0 saturated carbocycles. The number of hydrogen-bond donors (Lipinski definition) is 1. The second-order valence-corrected chi connectivity index (χ2v) is 6.35. The monoisotopic (exact) mass is 350 g/mol. The summed E-state index contributed by atoms with van der Waals surface area (Å²) in [4.78, 5) is 2.40. The van der Waals surface area contributed by atoms with Gasteiger partial charge in [0.1, 0.15) is 0 Å². The van der Waals surface area contributed by atoms with E-state index in [1.54, 1.807) is 0 Å². The molecular weight excluding hydrogens is 332 g/mol. The lowest BCUT2D eigenvalue weighted by molar-refractivity contribution is 0.174. The Morgan fingerprint density at radius 2 is 1.69 bits per heavy atom. The molecule has 1 fully saturated rings. The summed E-state index contributed by atoms with van der Waals surface area (Å²) in [5, 5.41) is 11.3. The van der Waals surface area contributed by atoms with Gasteiger partial charge in [-0.1, -0.05) is 5.10 Å². The molecule has 132 valence electrons. The third-order valence-electron chi connectivity index (χ3n) is 4.63. The van der Waals surface area contributed by atoms with E-state index in [-0.39, 0.29) is 6.79 Å². The Morgan fingerprint density at radius 3 is 2.54 bits per heavy atom. The molecule has 0 atom stereocenters. The van der Waals surface area contributed by atoms with Gasteiger partial charge in [-0.05, 0) is 55.3 Å². The van der Waals surface area contributed by atoms with Crippen LogP contribution in [0.3, 0.4) is 0 Å². The molecular formula is C19H18N4O3. The van der Waals surface area contributed by atoms with Crippen LogP contribution in [0.4, 0.5) is 17.4 Å². The minimum Gasteiger partial charge on any atom is -0.454 e. The number of benzene rings is 2. The first kappa shape index (κ1) is 15.1. The Morgan fingerprint density at radius 1 is 0.885 bits per heavy atom. The minimum absolute atomic E-state index is 0.239. The van der Waals surface area contributed by atoms with Gasteiger partial charge >= 0.3 is 6.01 Å². The maximum atomic E-state index is 5.72. The van der Waals surface area contributed by atoms with Gasteiger partial charge in [-0.3, -0.25) is 0 Å². The molecule has 2 aliphatic rings. The standard InChI is InChI=1S/C19H18N4O3/c1-2-10-23(9-1)15-6-4-14(5-7-15)20-19-22-21-18(26-19)13-3-8-16-17(11-13)25-12-24-16/h3-8,11H,1-2,9-10,12H2,(H,20,22). The first-order chi connectivity index (χ1) is 12.8. The van der Waals surface area contributed by atoms with Crippen molar-refractivity contribution in [2.75, 3.05) is 30.1 Å². The van der Waals surface area contributed by atoms with Crippen LogP contribution in [0.1, 0.15) is 12.8 Å². The Labute approximate surface area is 150 Å². The average molecular weight is 350 g/mol. The minimum atomic E-state index is 0.239. The van der Waals surface area contributed by atoms with Crippen LogP contribution < -0.4 is 19.7 Å². The second kappa shape index (κ2) is 6.25. The van der Waals surface area contributed by atoms with Crippen LogP contribution in [0, 0.1) is 0 Å². The van der Waals surface area contributed by atoms with Crippen LogP contribution in [0.2, 0.25) is 0 Å². The van der Waals surface area contributed by atoms with Crippen molar-refractivity contribution in [1.29, 1.82) is 0 Å². The Hall–Kier alpha value is -3.22. The van der Waals surface area contributed by atoms with Crippen LogP contribution >= 0.6 is 0 Å². The second-order valence-electron chi connectivity index (χ2n) is 6.35. The smallest absolute Gasteiger partial charge is 0.320 e. The lowest BCUT2D eigenvalue weighted by atomic mass is 10.2. The molecule has 0 unspecified atom stereocenters. The zero-order valence-electron chi connectivity index (χ0n) is 14.1. The fourth-order valence-corrected chi connectivity index (χ4v) is 3.27. The highest BCUT2D eigenvalue weighted by molar-refractivity contribution is 5.62. The number of fused-ring (bicyclic) bond motifs is 1. The van der Waals surface area contributed by atoms with Gasteiger partial charge in [0, 0.05) is 30.0 Å². The number of nitrogens with zero attached hydrogens (tertiary/aromatic N) is 3. The summed E-state index contributed by atoms with van der Waals surface area (Å²) in [6.07, 6.45) is 2.54. The molecule has 0 bridgehead atoms. The highest BCUT2D eigenvalue weighted by Gasteiger charge is 2.17. The molecule has 3 aromatic rings. The molecule has 0 amide bonds. The van der Waals surface area contributed by atoms with Crippen LogP contribution in [0.5, 0.6) is 11.5 Å². The topological polar surface area (TPSA) is 72.7 Å². The molecule has 1 saturated heterocycles. The van der Waals surface area contributed by atoms with E-state index < -0.39 is 0 Å². The molecule has 1 N–H and O–H groups in total. The number of ether oxygens (including phenoxy) is 2. The summed E-state index contributed by atoms with van der Waals surface area (Å²) in [6.45, 7) is 2.51. The highest BCUT2D eigenvalue weighted by atomic mass is 16.7. The van der Waals surface area contributed by atoms with E-state index in [1.807, 2.05) is 30.3 Å². The van der Waals surface area contributed by atoms with Crippen molar-refractivity contribution < 1.29 is 13.9 Å². The van der Waals surface area contributed by atoms with Gasteiger partial charge in [0.05, 0.1) is 0 Å². The van der Waals surface area contributed by atoms with E-state index in [0.29, 0.717) is 17.7 Å². The molecule has 3 heterocycles. The van der Waals surface area contributed by atoms with Crippen molar-refractivity contribution in [3.05, 3.63) is 42.5 Å². The maximum Gasteiger partial charge on any atom is 0.320 e. The van der Waals surface area contributed by atoms with Crippen LogP contribution in [0.15, 0.2) is 46.9 Å². The third-order valence-corrected chi connectivity index (χ3v) is 4.63. The molecule has 5 rings (SSSR count). The lowest BCUT2D eigenvalue weighted by Gasteiger charge is -2.17. The number of aromatic nitrogens is 2. The number of rotatable bonds is 4. The van der Waals surface area contributed by atoms with E-state index in [1.165, 1.54) is 18.5 Å². The Bertz CT molecular complexity index is 917. The summed E-state index contributed by atoms with van der Waals surface area (Å²) in [7, 11) is 0. The summed E-state index contributed by atoms with van der Waals surface area (Å²) in [5.41, 5.74) is 2.95. The van der Waals surface area contributed by atoms with Gasteiger partial charge < -0.3 is 24.1 Å². The van der Waals surface area contributed by atoms with Gasteiger partial charge in [0.2, 0.25) is 12.7 Å². The molecule has 0 aliphatic carbocycles. The van der Waals surface area contributed by atoms with Crippen LogP contribution in [-0.4, -0.2) is 30.1 Å². The summed E-state index contributed by atoms with van der Waals surface area (Å²) < 4.78 is 16.4. The number of anilines is 3. The number of nitrogens with one attached hydrogen (secondary N) is 1. The normalized spacial score (nSPS) is 15.5. The first-order valence-electron chi connectivity index (χ1n) is 8.71. The van der Waals surface area contributed by atoms with E-state index in [0.717, 1.165) is 30.1 Å². The van der Waals surface area contributed by atoms with Gasteiger partial charge in [-0.15, -0.1) is 5.10 Å². The van der Waals surface area contributed by atoms with E-state index in [9.17, 15) is 0 Å². The quantitative estimate of drug-likeness (QED) is 0.767. The third kappa shape index (κ3) is 2.81. The Kier molecular flexibility index (Phi) is 3.62. The largest absolute Gasteiger partial charge is 0.454 e. The maximum absolute atomic E-state index is 5.72. The summed E-state index contributed by atoms with van der Waals surface area (Å²) in [5.74, 6) is 1.84. The van der Waals surface area contributed by atoms with Crippen molar-refractivity contribution in [2.45, 2.75) is 12.8 Å². The van der Waals surface area contributed by atoms with Gasteiger partial charge in [-0.25, -0.2) is 0 Å². The van der Waals surface area contributed by atoms with Crippen molar-refractivity contribution in [3.63, 3.8) is 0 Å². The number of hydrogen-bond acceptors (Lipinski definition) is 7. The van der Waals surface area contributed by atoms with Crippen LogP contribution in [-0.2, 0) is 0 Å². The molecule has 2 aliphatic heterocycles. The zero-order chi connectivity index (χ0) is 17.3. The van der Waals surface area contributed by atoms with E-state index in [2.05, 4.69) is 32.5 Å². The molecule has 7 nitrogen and oxygen atoms in total. The fraction of sp³-hybridized carbons (Fsp3) is 0.263. The Balaban J connectivity index is 1.31. The van der Waals surface area contributed by atoms with Gasteiger partial charge in [-0.2, -0.15) is 0 Å². The molecule has 26 heavy (non-hydrogen) atoms. The molecule has 7 heteroatoms. The van der Waals surface area contributed by atoms with E-state index in [4.69, 9.17) is 13.9 Å². The lowest BCUT2D eigenvalue weighted by Crippen LogP contribution is -2.17. The fourth-order valence-electron chi connectivity index (χ4n) is 3.27. The highest BCUT2D eigenvalue weighted by Crippen LogP contribution is 2.36. The predicted molar refractivity (Wildman–Crippen MR) is 97.0 cm³/mol. The van der Waals surface area contributed by atoms with Crippen molar-refractivity contribution in [3.8, 4) is 23.0 Å². The SMILES string of the molecule is c1cc(N2CCCC2)ccc1Nc1nnc(-c2ccc3c(c2)OCO3)o1. The zero-order valence-corrected chi connectivity index (χ0v) is 14.1. The predicted octanol–water partition coefficient (Wildman–Crippen LogP) is 3.81. The molecule has 1 aromatic heterocycles. The van der Waals surface area contributed by atoms with Gasteiger partial charge in [0.15, 0.2) is 11.5 Å². The molecule has 0 radical (unpaired) electrons. The van der Waals surface area contributed by atoms with E-state index >= 15 is 0 Å².